The van der Waals surface area contributed by atoms with E-state index in [2.05, 4.69) is 0 Å². The minimum atomic E-state index is -0.398. The number of hydrogen-bond donors (Lipinski definition) is 0. The second kappa shape index (κ2) is 1.50. The number of hydrogen-bond acceptors (Lipinski definition) is 3. The first-order valence-electron chi connectivity index (χ1n) is 1.72. The van der Waals surface area contributed by atoms with Crippen molar-refractivity contribution >= 4 is 22.7 Å². The first kappa shape index (κ1) is 4.59. The molecular weight excluding hydrogens is 112 g/mol. The van der Waals surface area contributed by atoms with Crippen molar-refractivity contribution in [3.05, 3.63) is 11.5 Å². The van der Waals surface area contributed by atoms with Gasteiger partial charge in [0.1, 0.15) is 0 Å². The Morgan fingerprint density at radius 3 is 2.29 bits per heavy atom. The van der Waals surface area contributed by atoms with E-state index in [0.717, 1.165) is 11.8 Å². The smallest absolute Gasteiger partial charge is 0.263 e. The molecule has 0 amide bonds. The van der Waals surface area contributed by atoms with Crippen LogP contribution in [0.3, 0.4) is 0 Å². The quantitative estimate of drug-likeness (QED) is 0.426. The maximum atomic E-state index is 10.1. The average molecular weight is 114 g/mol. The summed E-state index contributed by atoms with van der Waals surface area (Å²) in [6.07, 6.45) is 1.27. The van der Waals surface area contributed by atoms with Crippen LogP contribution in [0, 0.1) is 0 Å². The number of carbonyl (C=O) groups excluding carboxylic acids is 2. The van der Waals surface area contributed by atoms with Gasteiger partial charge >= 0.3 is 0 Å². The zero-order valence-corrected chi connectivity index (χ0v) is 4.20. The third kappa shape index (κ3) is 0.718. The molecule has 0 saturated heterocycles. The standard InChI is InChI=1S/C4H2O2S/c5-3-1-2-7-4(3)6/h1-2H. The van der Waals surface area contributed by atoms with E-state index < -0.39 is 5.78 Å². The van der Waals surface area contributed by atoms with Crippen LogP contribution in [-0.4, -0.2) is 10.9 Å². The van der Waals surface area contributed by atoms with Crippen LogP contribution in [0.2, 0.25) is 0 Å². The summed E-state index contributed by atoms with van der Waals surface area (Å²) in [7, 11) is 0. The summed E-state index contributed by atoms with van der Waals surface area (Å²) in [4.78, 5) is 20.2. The van der Waals surface area contributed by atoms with Gasteiger partial charge in [-0.25, -0.2) is 0 Å². The van der Waals surface area contributed by atoms with Crippen molar-refractivity contribution in [2.45, 2.75) is 0 Å². The second-order valence-corrected chi connectivity index (χ2v) is 1.95. The lowest BCUT2D eigenvalue weighted by molar-refractivity contribution is -0.128. The van der Waals surface area contributed by atoms with Crippen LogP contribution in [0.1, 0.15) is 0 Å². The lowest BCUT2D eigenvalue weighted by atomic mass is 10.4. The van der Waals surface area contributed by atoms with Gasteiger partial charge in [0.25, 0.3) is 5.12 Å². The molecule has 1 aliphatic heterocycles. The molecule has 0 unspecified atom stereocenters. The molecule has 0 aromatic rings. The normalized spacial score (nSPS) is 18.9. The van der Waals surface area contributed by atoms with Crippen molar-refractivity contribution in [3.8, 4) is 0 Å². The van der Waals surface area contributed by atoms with Gasteiger partial charge in [-0.05, 0) is 11.5 Å². The van der Waals surface area contributed by atoms with Crippen molar-refractivity contribution in [3.63, 3.8) is 0 Å². The third-order valence-electron chi connectivity index (χ3n) is 0.596. The molecule has 0 fully saturated rings. The van der Waals surface area contributed by atoms with Gasteiger partial charge in [0.05, 0.1) is 0 Å². The van der Waals surface area contributed by atoms with Crippen molar-refractivity contribution < 1.29 is 9.59 Å². The molecule has 0 aromatic carbocycles. The molecule has 0 aromatic heterocycles. The molecule has 0 bridgehead atoms. The average Bonchev–Trinajstić information content (AvgIpc) is 1.91. The van der Waals surface area contributed by atoms with E-state index in [1.165, 1.54) is 11.5 Å². The summed E-state index contributed by atoms with van der Waals surface area (Å²) in [6, 6.07) is 0. The number of ketones is 1. The van der Waals surface area contributed by atoms with Gasteiger partial charge in [-0.3, -0.25) is 9.59 Å². The zero-order chi connectivity index (χ0) is 5.28. The number of rotatable bonds is 0. The molecule has 2 nitrogen and oxygen atoms in total. The first-order valence-corrected chi connectivity index (χ1v) is 2.60. The van der Waals surface area contributed by atoms with Gasteiger partial charge in [-0.15, -0.1) is 0 Å². The molecule has 7 heavy (non-hydrogen) atoms. The maximum Gasteiger partial charge on any atom is 0.263 e. The highest BCUT2D eigenvalue weighted by Gasteiger charge is 2.14. The van der Waals surface area contributed by atoms with Gasteiger partial charge in [-0.1, -0.05) is 11.8 Å². The predicted molar refractivity (Wildman–Crippen MR) is 26.7 cm³/mol. The molecule has 0 saturated carbocycles. The lowest BCUT2D eigenvalue weighted by Crippen LogP contribution is -1.98. The van der Waals surface area contributed by atoms with E-state index in [9.17, 15) is 9.59 Å². The number of thioether (sulfide) groups is 1. The molecule has 0 spiro atoms. The summed E-state index contributed by atoms with van der Waals surface area (Å²) >= 11 is 0.936. The molecular formula is C4H2O2S. The first-order chi connectivity index (χ1) is 3.30. The topological polar surface area (TPSA) is 34.1 Å². The van der Waals surface area contributed by atoms with Crippen LogP contribution >= 0.6 is 11.8 Å². The van der Waals surface area contributed by atoms with Crippen molar-refractivity contribution in [1.82, 2.24) is 0 Å². The van der Waals surface area contributed by atoms with Gasteiger partial charge in [0.2, 0.25) is 5.78 Å². The lowest BCUT2D eigenvalue weighted by Gasteiger charge is -1.72. The molecule has 36 valence electrons. The van der Waals surface area contributed by atoms with Crippen LogP contribution in [0.5, 0.6) is 0 Å². The van der Waals surface area contributed by atoms with Crippen LogP contribution in [-0.2, 0) is 9.59 Å². The highest BCUT2D eigenvalue weighted by molar-refractivity contribution is 8.18. The second-order valence-electron chi connectivity index (χ2n) is 1.07. The Morgan fingerprint density at radius 2 is 2.14 bits per heavy atom. The van der Waals surface area contributed by atoms with E-state index in [4.69, 9.17) is 0 Å². The van der Waals surface area contributed by atoms with E-state index >= 15 is 0 Å². The largest absolute Gasteiger partial charge is 0.285 e. The maximum absolute atomic E-state index is 10.1. The van der Waals surface area contributed by atoms with Gasteiger partial charge in [-0.2, -0.15) is 0 Å². The molecule has 1 rings (SSSR count). The minimum absolute atomic E-state index is 0.375. The van der Waals surface area contributed by atoms with E-state index in [-0.39, 0.29) is 5.12 Å². The molecule has 1 aliphatic rings. The van der Waals surface area contributed by atoms with Crippen LogP contribution in [0.25, 0.3) is 0 Å². The van der Waals surface area contributed by atoms with Crippen LogP contribution in [0.15, 0.2) is 11.5 Å². The molecule has 0 aliphatic carbocycles. The van der Waals surface area contributed by atoms with Crippen LogP contribution in [0.4, 0.5) is 0 Å². The summed E-state index contributed by atoms with van der Waals surface area (Å²) in [5.41, 5.74) is 0. The van der Waals surface area contributed by atoms with Crippen molar-refractivity contribution in [2.24, 2.45) is 0 Å². The number of allylic oxidation sites excluding steroid dienone is 1. The van der Waals surface area contributed by atoms with E-state index in [1.807, 2.05) is 0 Å². The van der Waals surface area contributed by atoms with E-state index in [0.29, 0.717) is 0 Å². The third-order valence-corrected chi connectivity index (χ3v) is 1.28. The highest BCUT2D eigenvalue weighted by Crippen LogP contribution is 2.11. The molecule has 3 heteroatoms. The summed E-state index contributed by atoms with van der Waals surface area (Å²) in [6.45, 7) is 0. The molecule has 0 radical (unpaired) electrons. The molecule has 0 atom stereocenters. The Labute approximate surface area is 44.6 Å². The summed E-state index contributed by atoms with van der Waals surface area (Å²) in [5, 5.41) is 1.12. The zero-order valence-electron chi connectivity index (χ0n) is 3.38. The highest BCUT2D eigenvalue weighted by atomic mass is 32.2. The van der Waals surface area contributed by atoms with Crippen LogP contribution < -0.4 is 0 Å². The van der Waals surface area contributed by atoms with Gasteiger partial charge < -0.3 is 0 Å². The fourth-order valence-electron chi connectivity index (χ4n) is 0.284. The fraction of sp³-hybridized carbons (Fsp3) is 0. The Balaban J connectivity index is 2.81. The Morgan fingerprint density at radius 1 is 1.43 bits per heavy atom. The monoisotopic (exact) mass is 114 g/mol. The van der Waals surface area contributed by atoms with Gasteiger partial charge in [0.15, 0.2) is 0 Å². The molecule has 0 N–H and O–H groups in total. The fourth-order valence-corrected chi connectivity index (χ4v) is 0.783. The predicted octanol–water partition coefficient (Wildman–Crippen LogP) is 0.343. The Kier molecular flexibility index (Phi) is 0.982. The minimum Gasteiger partial charge on any atom is -0.285 e. The summed E-state index contributed by atoms with van der Waals surface area (Å²) < 4.78 is 0. The van der Waals surface area contributed by atoms with Crippen molar-refractivity contribution in [2.75, 3.05) is 0 Å². The molecule has 1 heterocycles. The Hall–Kier alpha value is -0.570. The SMILES string of the molecule is O=C1C=CSC1=O. The van der Waals surface area contributed by atoms with Gasteiger partial charge in [0, 0.05) is 0 Å². The Bertz CT molecular complexity index is 148. The summed E-state index contributed by atoms with van der Waals surface area (Å²) in [5.74, 6) is -0.398. The van der Waals surface area contributed by atoms with Crippen molar-refractivity contribution in [1.29, 1.82) is 0 Å². The number of carbonyl (C=O) groups is 2. The van der Waals surface area contributed by atoms with E-state index in [1.54, 1.807) is 0 Å².